The van der Waals surface area contributed by atoms with Gasteiger partial charge >= 0.3 is 0 Å². The molecule has 0 atom stereocenters. The van der Waals surface area contributed by atoms with Gasteiger partial charge in [0, 0.05) is 17.1 Å². The van der Waals surface area contributed by atoms with Crippen molar-refractivity contribution in [3.8, 4) is 11.1 Å². The first-order chi connectivity index (χ1) is 12.8. The number of aromatic nitrogens is 4. The van der Waals surface area contributed by atoms with Crippen LogP contribution in [0.15, 0.2) is 30.7 Å². The van der Waals surface area contributed by atoms with Crippen molar-refractivity contribution in [1.82, 2.24) is 19.6 Å². The molecule has 0 saturated carbocycles. The zero-order valence-electron chi connectivity index (χ0n) is 14.9. The number of H-pyrrole nitrogens is 1. The Kier molecular flexibility index (Phi) is 3.89. The van der Waals surface area contributed by atoms with Crippen molar-refractivity contribution in [1.29, 1.82) is 0 Å². The molecule has 4 rings (SSSR count). The van der Waals surface area contributed by atoms with Crippen LogP contribution in [0.5, 0.6) is 0 Å². The number of pyridine rings is 1. The van der Waals surface area contributed by atoms with Gasteiger partial charge in [0.15, 0.2) is 5.82 Å². The molecule has 0 spiro atoms. The minimum absolute atomic E-state index is 0.192. The number of hydrogen-bond acceptors (Lipinski definition) is 4. The summed E-state index contributed by atoms with van der Waals surface area (Å²) < 4.78 is 29.6. The van der Waals surface area contributed by atoms with Gasteiger partial charge in [0.05, 0.1) is 23.2 Å². The van der Waals surface area contributed by atoms with Gasteiger partial charge < -0.3 is 14.3 Å². The number of halogens is 1. The minimum Gasteiger partial charge on any atom is -0.319 e. The van der Waals surface area contributed by atoms with E-state index in [1.54, 1.807) is 43.1 Å². The second kappa shape index (κ2) is 6.03. The Morgan fingerprint density at radius 1 is 1.30 bits per heavy atom. The zero-order chi connectivity index (χ0) is 19.3. The highest BCUT2D eigenvalue weighted by Crippen LogP contribution is 2.42. The number of amides is 1. The van der Waals surface area contributed by atoms with Crippen molar-refractivity contribution >= 4 is 41.2 Å². The lowest BCUT2D eigenvalue weighted by Gasteiger charge is -2.16. The SMILES string of the molecule is Cc1c(F)c(P(C)(C)=O)c2[nH]ncc2c1-c1ccc2nc(NC=O)cn2c1. The largest absolute Gasteiger partial charge is 0.319 e. The molecule has 1 amide bonds. The summed E-state index contributed by atoms with van der Waals surface area (Å²) in [5, 5.41) is 10.3. The third-order valence-electron chi connectivity index (χ3n) is 4.54. The summed E-state index contributed by atoms with van der Waals surface area (Å²) in [6.07, 6.45) is 5.66. The number of imidazole rings is 1. The maximum Gasteiger partial charge on any atom is 0.212 e. The molecule has 1 aromatic carbocycles. The molecule has 138 valence electrons. The second-order valence-corrected chi connectivity index (χ2v) is 9.89. The van der Waals surface area contributed by atoms with Gasteiger partial charge in [-0.25, -0.2) is 9.37 Å². The van der Waals surface area contributed by atoms with Crippen molar-refractivity contribution in [3.63, 3.8) is 0 Å². The minimum atomic E-state index is -2.85. The molecule has 0 aliphatic heterocycles. The number of carbonyl (C=O) groups excluding carboxylic acids is 1. The van der Waals surface area contributed by atoms with Crippen LogP contribution in [0, 0.1) is 12.7 Å². The molecule has 0 bridgehead atoms. The normalized spacial score (nSPS) is 12.0. The Balaban J connectivity index is 2.01. The quantitative estimate of drug-likeness (QED) is 0.417. The number of rotatable bonds is 4. The molecule has 0 aliphatic rings. The number of fused-ring (bicyclic) bond motifs is 2. The van der Waals surface area contributed by atoms with Gasteiger partial charge in [-0.05, 0) is 43.5 Å². The number of carbonyl (C=O) groups is 1. The van der Waals surface area contributed by atoms with E-state index in [1.807, 2.05) is 12.3 Å². The van der Waals surface area contributed by atoms with Crippen molar-refractivity contribution in [3.05, 3.63) is 42.1 Å². The van der Waals surface area contributed by atoms with Gasteiger partial charge in [0.1, 0.15) is 18.6 Å². The number of nitrogens with one attached hydrogen (secondary N) is 2. The standard InChI is InChI=1S/C18H17FN5O2P/c1-10-15(11-4-5-14-22-13(20-9-25)8-24(14)7-11)12-6-21-23-17(12)18(16(10)19)27(2,3)26/h4-9H,1-3H3,(H,20,25)(H,21,23). The summed E-state index contributed by atoms with van der Waals surface area (Å²) in [5.74, 6) is -0.0594. The van der Waals surface area contributed by atoms with Crippen LogP contribution in [0.2, 0.25) is 0 Å². The fourth-order valence-corrected chi connectivity index (χ4v) is 4.75. The summed E-state index contributed by atoms with van der Waals surface area (Å²) in [6, 6.07) is 3.62. The fraction of sp³-hybridized carbons (Fsp3) is 0.167. The van der Waals surface area contributed by atoms with Gasteiger partial charge in [-0.15, -0.1) is 0 Å². The molecule has 4 aromatic rings. The molecule has 0 saturated heterocycles. The fourth-order valence-electron chi connectivity index (χ4n) is 3.40. The van der Waals surface area contributed by atoms with E-state index in [0.717, 1.165) is 5.56 Å². The summed E-state index contributed by atoms with van der Waals surface area (Å²) >= 11 is 0. The van der Waals surface area contributed by atoms with Gasteiger partial charge in [-0.1, -0.05) is 0 Å². The Labute approximate surface area is 154 Å². The van der Waals surface area contributed by atoms with E-state index in [-0.39, 0.29) is 5.30 Å². The number of hydrogen-bond donors (Lipinski definition) is 2. The molecule has 3 aromatic heterocycles. The Hall–Kier alpha value is -2.99. The van der Waals surface area contributed by atoms with Crippen molar-refractivity contribution in [2.45, 2.75) is 6.92 Å². The smallest absolute Gasteiger partial charge is 0.212 e. The van der Waals surface area contributed by atoms with Crippen molar-refractivity contribution < 1.29 is 13.8 Å². The van der Waals surface area contributed by atoms with Gasteiger partial charge in [0.25, 0.3) is 0 Å². The third kappa shape index (κ3) is 2.73. The number of benzene rings is 1. The number of aromatic amines is 1. The van der Waals surface area contributed by atoms with E-state index in [0.29, 0.717) is 39.9 Å². The Bertz CT molecular complexity index is 1250. The van der Waals surface area contributed by atoms with Gasteiger partial charge in [-0.3, -0.25) is 9.89 Å². The van der Waals surface area contributed by atoms with E-state index in [9.17, 15) is 9.36 Å². The van der Waals surface area contributed by atoms with E-state index >= 15 is 4.39 Å². The summed E-state index contributed by atoms with van der Waals surface area (Å²) in [6.45, 7) is 4.77. The zero-order valence-corrected chi connectivity index (χ0v) is 15.8. The monoisotopic (exact) mass is 385 g/mol. The predicted octanol–water partition coefficient (Wildman–Crippen LogP) is 3.14. The molecular formula is C18H17FN5O2P. The second-order valence-electron chi connectivity index (χ2n) is 6.74. The lowest BCUT2D eigenvalue weighted by Crippen LogP contribution is -2.13. The first-order valence-corrected chi connectivity index (χ1v) is 10.8. The van der Waals surface area contributed by atoms with Crippen LogP contribution in [0.3, 0.4) is 0 Å². The van der Waals surface area contributed by atoms with E-state index < -0.39 is 13.0 Å². The molecule has 9 heteroatoms. The lowest BCUT2D eigenvalue weighted by molar-refractivity contribution is -0.105. The first kappa shape index (κ1) is 17.4. The van der Waals surface area contributed by atoms with E-state index in [4.69, 9.17) is 0 Å². The van der Waals surface area contributed by atoms with E-state index in [2.05, 4.69) is 20.5 Å². The van der Waals surface area contributed by atoms with E-state index in [1.165, 1.54) is 0 Å². The highest BCUT2D eigenvalue weighted by atomic mass is 31.2. The number of anilines is 1. The molecule has 0 aliphatic carbocycles. The molecule has 3 heterocycles. The molecule has 0 radical (unpaired) electrons. The number of nitrogens with zero attached hydrogens (tertiary/aromatic N) is 3. The average Bonchev–Trinajstić information content (AvgIpc) is 3.20. The summed E-state index contributed by atoms with van der Waals surface area (Å²) in [7, 11) is -2.85. The summed E-state index contributed by atoms with van der Waals surface area (Å²) in [4.78, 5) is 14.9. The van der Waals surface area contributed by atoms with Gasteiger partial charge in [-0.2, -0.15) is 5.10 Å². The maximum absolute atomic E-state index is 15.2. The Morgan fingerprint density at radius 3 is 2.78 bits per heavy atom. The molecule has 27 heavy (non-hydrogen) atoms. The van der Waals surface area contributed by atoms with Crippen LogP contribution in [-0.4, -0.2) is 39.3 Å². The predicted molar refractivity (Wildman–Crippen MR) is 104 cm³/mol. The molecular weight excluding hydrogens is 368 g/mol. The Morgan fingerprint density at radius 2 is 2.07 bits per heavy atom. The van der Waals surface area contributed by atoms with Gasteiger partial charge in [0.2, 0.25) is 6.41 Å². The van der Waals surface area contributed by atoms with Crippen LogP contribution in [0.25, 0.3) is 27.7 Å². The lowest BCUT2D eigenvalue weighted by atomic mass is 9.97. The molecule has 2 N–H and O–H groups in total. The first-order valence-electron chi connectivity index (χ1n) is 8.21. The van der Waals surface area contributed by atoms with Crippen LogP contribution in [0.1, 0.15) is 5.56 Å². The molecule has 0 fully saturated rings. The summed E-state index contributed by atoms with van der Waals surface area (Å²) in [5.41, 5.74) is 2.94. The van der Waals surface area contributed by atoms with Crippen molar-refractivity contribution in [2.75, 3.05) is 18.6 Å². The topological polar surface area (TPSA) is 92.2 Å². The van der Waals surface area contributed by atoms with Crippen molar-refractivity contribution in [2.24, 2.45) is 0 Å². The highest BCUT2D eigenvalue weighted by molar-refractivity contribution is 7.70. The van der Waals surface area contributed by atoms with Crippen LogP contribution >= 0.6 is 7.14 Å². The van der Waals surface area contributed by atoms with Crippen LogP contribution in [0.4, 0.5) is 10.2 Å². The highest BCUT2D eigenvalue weighted by Gasteiger charge is 2.26. The molecule has 0 unspecified atom stereocenters. The van der Waals surface area contributed by atoms with Crippen LogP contribution in [-0.2, 0) is 9.36 Å². The maximum atomic E-state index is 15.2. The van der Waals surface area contributed by atoms with Crippen LogP contribution < -0.4 is 10.6 Å². The molecule has 7 nitrogen and oxygen atoms in total. The third-order valence-corrected chi connectivity index (χ3v) is 6.04. The average molecular weight is 385 g/mol.